The first-order valence-corrected chi connectivity index (χ1v) is 7.64. The Balaban J connectivity index is 1.75. The van der Waals surface area contributed by atoms with Gasteiger partial charge in [0.1, 0.15) is 5.75 Å². The van der Waals surface area contributed by atoms with Crippen molar-refractivity contribution in [1.82, 2.24) is 4.98 Å². The van der Waals surface area contributed by atoms with Gasteiger partial charge in [-0.3, -0.25) is 0 Å². The molecule has 1 heterocycles. The highest BCUT2D eigenvalue weighted by atomic mass is 35.5. The standard InChI is InChI=1S/C16H13ClN2OS/c17-16-19-10-15(21-16)9-18-13-3-1-2-12(8-13)11-4-6-14(20)7-5-11/h1-8,10,18,20H,9H2. The molecule has 0 unspecified atom stereocenters. The topological polar surface area (TPSA) is 45.1 Å². The molecular formula is C16H13ClN2OS. The third kappa shape index (κ3) is 3.54. The van der Waals surface area contributed by atoms with Crippen LogP contribution in [-0.4, -0.2) is 10.1 Å². The SMILES string of the molecule is Oc1ccc(-c2cccc(NCc3cnc(Cl)s3)c2)cc1. The van der Waals surface area contributed by atoms with Gasteiger partial charge in [-0.1, -0.05) is 35.9 Å². The van der Waals surface area contributed by atoms with E-state index < -0.39 is 0 Å². The van der Waals surface area contributed by atoms with Crippen LogP contribution in [0.5, 0.6) is 5.75 Å². The normalized spacial score (nSPS) is 10.5. The summed E-state index contributed by atoms with van der Waals surface area (Å²) in [6.45, 7) is 0.698. The van der Waals surface area contributed by atoms with Gasteiger partial charge in [0, 0.05) is 16.8 Å². The Labute approximate surface area is 131 Å². The number of thiazole rings is 1. The number of nitrogens with zero attached hydrogens (tertiary/aromatic N) is 1. The first kappa shape index (κ1) is 13.9. The van der Waals surface area contributed by atoms with Gasteiger partial charge >= 0.3 is 0 Å². The summed E-state index contributed by atoms with van der Waals surface area (Å²) in [5, 5.41) is 12.7. The molecule has 0 bridgehead atoms. The van der Waals surface area contributed by atoms with Crippen LogP contribution < -0.4 is 5.32 Å². The lowest BCUT2D eigenvalue weighted by Gasteiger charge is -2.08. The van der Waals surface area contributed by atoms with Crippen LogP contribution >= 0.6 is 22.9 Å². The summed E-state index contributed by atoms with van der Waals surface area (Å²) in [4.78, 5) is 5.12. The van der Waals surface area contributed by atoms with E-state index in [-0.39, 0.29) is 5.75 Å². The summed E-state index contributed by atoms with van der Waals surface area (Å²) < 4.78 is 0.560. The van der Waals surface area contributed by atoms with Crippen LogP contribution in [0.1, 0.15) is 4.88 Å². The van der Waals surface area contributed by atoms with Gasteiger partial charge in [-0.15, -0.1) is 11.3 Å². The number of aromatic nitrogens is 1. The predicted molar refractivity (Wildman–Crippen MR) is 88.0 cm³/mol. The summed E-state index contributed by atoms with van der Waals surface area (Å²) in [6.07, 6.45) is 1.78. The highest BCUT2D eigenvalue weighted by molar-refractivity contribution is 7.15. The van der Waals surface area contributed by atoms with Crippen molar-refractivity contribution in [2.24, 2.45) is 0 Å². The maximum atomic E-state index is 9.34. The number of nitrogens with one attached hydrogen (secondary N) is 1. The van der Waals surface area contributed by atoms with E-state index in [1.165, 1.54) is 11.3 Å². The van der Waals surface area contributed by atoms with Crippen molar-refractivity contribution in [3.05, 3.63) is 64.1 Å². The lowest BCUT2D eigenvalue weighted by atomic mass is 10.1. The summed E-state index contributed by atoms with van der Waals surface area (Å²) in [5.41, 5.74) is 3.20. The molecule has 0 fully saturated rings. The Morgan fingerprint density at radius 3 is 2.62 bits per heavy atom. The van der Waals surface area contributed by atoms with Gasteiger partial charge in [-0.05, 0) is 35.4 Å². The van der Waals surface area contributed by atoms with Crippen LogP contribution in [-0.2, 0) is 6.54 Å². The average molecular weight is 317 g/mol. The Kier molecular flexibility index (Phi) is 4.08. The second-order valence-corrected chi connectivity index (χ2v) is 6.26. The fourth-order valence-corrected chi connectivity index (χ4v) is 2.93. The minimum Gasteiger partial charge on any atom is -0.508 e. The Morgan fingerprint density at radius 1 is 1.10 bits per heavy atom. The number of halogens is 1. The highest BCUT2D eigenvalue weighted by Gasteiger charge is 2.02. The van der Waals surface area contributed by atoms with Crippen molar-refractivity contribution >= 4 is 28.6 Å². The van der Waals surface area contributed by atoms with Crippen LogP contribution in [0.4, 0.5) is 5.69 Å². The number of benzene rings is 2. The van der Waals surface area contributed by atoms with Crippen molar-refractivity contribution in [2.75, 3.05) is 5.32 Å². The van der Waals surface area contributed by atoms with Crippen molar-refractivity contribution in [3.63, 3.8) is 0 Å². The molecule has 0 radical (unpaired) electrons. The molecule has 0 atom stereocenters. The van der Waals surface area contributed by atoms with Crippen LogP contribution in [0, 0.1) is 0 Å². The zero-order valence-corrected chi connectivity index (χ0v) is 12.7. The molecule has 106 valence electrons. The second-order valence-electron chi connectivity index (χ2n) is 4.56. The van der Waals surface area contributed by atoms with E-state index in [9.17, 15) is 5.11 Å². The van der Waals surface area contributed by atoms with Gasteiger partial charge in [0.25, 0.3) is 0 Å². The number of phenolic OH excluding ortho intramolecular Hbond substituents is 1. The zero-order chi connectivity index (χ0) is 14.7. The van der Waals surface area contributed by atoms with Gasteiger partial charge in [-0.2, -0.15) is 0 Å². The van der Waals surface area contributed by atoms with E-state index in [0.29, 0.717) is 11.0 Å². The smallest absolute Gasteiger partial charge is 0.183 e. The molecule has 0 aliphatic heterocycles. The molecule has 3 nitrogen and oxygen atoms in total. The molecule has 0 spiro atoms. The third-order valence-corrected chi connectivity index (χ3v) is 4.17. The van der Waals surface area contributed by atoms with Gasteiger partial charge in [-0.25, -0.2) is 4.98 Å². The molecule has 2 aromatic carbocycles. The van der Waals surface area contributed by atoms with Crippen molar-refractivity contribution < 1.29 is 5.11 Å². The van der Waals surface area contributed by atoms with Gasteiger partial charge in [0.2, 0.25) is 0 Å². The number of anilines is 1. The first-order chi connectivity index (χ1) is 10.2. The minimum atomic E-state index is 0.273. The summed E-state index contributed by atoms with van der Waals surface area (Å²) in [5.74, 6) is 0.273. The molecule has 21 heavy (non-hydrogen) atoms. The summed E-state index contributed by atoms with van der Waals surface area (Å²) in [7, 11) is 0. The second kappa shape index (κ2) is 6.16. The molecule has 0 aliphatic carbocycles. The van der Waals surface area contributed by atoms with E-state index in [1.54, 1.807) is 18.3 Å². The van der Waals surface area contributed by atoms with Crippen molar-refractivity contribution in [1.29, 1.82) is 0 Å². The average Bonchev–Trinajstić information content (AvgIpc) is 2.92. The van der Waals surface area contributed by atoms with Crippen molar-refractivity contribution in [2.45, 2.75) is 6.54 Å². The van der Waals surface area contributed by atoms with E-state index in [2.05, 4.69) is 16.4 Å². The predicted octanol–water partition coefficient (Wildman–Crippen LogP) is 4.78. The minimum absolute atomic E-state index is 0.273. The number of phenols is 1. The summed E-state index contributed by atoms with van der Waals surface area (Å²) >= 11 is 7.29. The number of hydrogen-bond acceptors (Lipinski definition) is 4. The molecule has 3 aromatic rings. The van der Waals surface area contributed by atoms with Crippen molar-refractivity contribution in [3.8, 4) is 16.9 Å². The number of hydrogen-bond donors (Lipinski definition) is 2. The lowest BCUT2D eigenvalue weighted by molar-refractivity contribution is 0.475. The fourth-order valence-electron chi connectivity index (χ4n) is 2.02. The highest BCUT2D eigenvalue weighted by Crippen LogP contribution is 2.25. The molecule has 0 saturated carbocycles. The largest absolute Gasteiger partial charge is 0.508 e. The first-order valence-electron chi connectivity index (χ1n) is 6.44. The maximum absolute atomic E-state index is 9.34. The molecule has 0 amide bonds. The van der Waals surface area contributed by atoms with Gasteiger partial charge in [0.15, 0.2) is 4.47 Å². The quantitative estimate of drug-likeness (QED) is 0.728. The monoisotopic (exact) mass is 316 g/mol. The van der Waals surface area contributed by atoms with Crippen LogP contribution in [0.25, 0.3) is 11.1 Å². The van der Waals surface area contributed by atoms with Gasteiger partial charge < -0.3 is 10.4 Å². The molecule has 0 saturated heterocycles. The molecule has 1 aromatic heterocycles. The number of rotatable bonds is 4. The molecule has 5 heteroatoms. The van der Waals surface area contributed by atoms with E-state index >= 15 is 0 Å². The van der Waals surface area contributed by atoms with E-state index in [4.69, 9.17) is 11.6 Å². The summed E-state index contributed by atoms with van der Waals surface area (Å²) in [6, 6.07) is 15.3. The van der Waals surface area contributed by atoms with Crippen LogP contribution in [0.15, 0.2) is 54.7 Å². The zero-order valence-electron chi connectivity index (χ0n) is 11.1. The number of aromatic hydroxyl groups is 1. The lowest BCUT2D eigenvalue weighted by Crippen LogP contribution is -1.97. The fraction of sp³-hybridized carbons (Fsp3) is 0.0625. The van der Waals surface area contributed by atoms with Crippen LogP contribution in [0.2, 0.25) is 4.47 Å². The van der Waals surface area contributed by atoms with E-state index in [0.717, 1.165) is 21.7 Å². The maximum Gasteiger partial charge on any atom is 0.183 e. The molecular weight excluding hydrogens is 304 g/mol. The van der Waals surface area contributed by atoms with E-state index in [1.807, 2.05) is 30.3 Å². The third-order valence-electron chi connectivity index (χ3n) is 3.06. The molecule has 0 aliphatic rings. The van der Waals surface area contributed by atoms with Crippen LogP contribution in [0.3, 0.4) is 0 Å². The van der Waals surface area contributed by atoms with Gasteiger partial charge in [0.05, 0.1) is 6.54 Å². The Hall–Kier alpha value is -2.04. The molecule has 3 rings (SSSR count). The Morgan fingerprint density at radius 2 is 1.90 bits per heavy atom. The molecule has 2 N–H and O–H groups in total. The Bertz CT molecular complexity index is 740.